The van der Waals surface area contributed by atoms with Crippen molar-refractivity contribution in [1.29, 1.82) is 0 Å². The summed E-state index contributed by atoms with van der Waals surface area (Å²) in [6, 6.07) is 0.385. The highest BCUT2D eigenvalue weighted by Gasteiger charge is 2.17. The van der Waals surface area contributed by atoms with Gasteiger partial charge >= 0.3 is 0 Å². The second-order valence-electron chi connectivity index (χ2n) is 5.82. The van der Waals surface area contributed by atoms with Crippen molar-refractivity contribution >= 4 is 11.9 Å². The lowest BCUT2D eigenvalue weighted by Gasteiger charge is -2.18. The van der Waals surface area contributed by atoms with Crippen molar-refractivity contribution in [3.05, 3.63) is 0 Å². The first kappa shape index (κ1) is 17.8. The first-order valence-electron chi connectivity index (χ1n) is 8.50. The number of rotatable bonds is 8. The van der Waals surface area contributed by atoms with Gasteiger partial charge in [0.25, 0.3) is 0 Å². The Bertz CT molecular complexity index is 324. The van der Waals surface area contributed by atoms with Gasteiger partial charge in [0.15, 0.2) is 5.96 Å². The molecule has 5 heteroatoms. The van der Waals surface area contributed by atoms with E-state index in [-0.39, 0.29) is 12.5 Å². The minimum absolute atomic E-state index is 0.142. The van der Waals surface area contributed by atoms with Crippen LogP contribution in [-0.4, -0.2) is 49.0 Å². The number of aliphatic imine (C=N–C) groups is 1. The van der Waals surface area contributed by atoms with Crippen molar-refractivity contribution in [3.8, 4) is 0 Å². The summed E-state index contributed by atoms with van der Waals surface area (Å²) in [5.41, 5.74) is 0. The number of hydrogen-bond acceptors (Lipinski definition) is 2. The van der Waals surface area contributed by atoms with E-state index in [2.05, 4.69) is 29.5 Å². The summed E-state index contributed by atoms with van der Waals surface area (Å²) < 4.78 is 0. The van der Waals surface area contributed by atoms with E-state index < -0.39 is 0 Å². The molecule has 0 aromatic rings. The molecule has 1 aliphatic heterocycles. The van der Waals surface area contributed by atoms with Crippen LogP contribution in [0.15, 0.2) is 4.99 Å². The molecule has 1 rings (SSSR count). The monoisotopic (exact) mass is 296 g/mol. The van der Waals surface area contributed by atoms with E-state index in [9.17, 15) is 4.79 Å². The molecule has 1 amide bonds. The van der Waals surface area contributed by atoms with Gasteiger partial charge in [-0.3, -0.25) is 4.79 Å². The van der Waals surface area contributed by atoms with Crippen LogP contribution in [0, 0.1) is 0 Å². The summed E-state index contributed by atoms with van der Waals surface area (Å²) in [7, 11) is 0. The van der Waals surface area contributed by atoms with Gasteiger partial charge in [-0.15, -0.1) is 0 Å². The van der Waals surface area contributed by atoms with Gasteiger partial charge in [-0.1, -0.05) is 26.2 Å². The molecule has 0 spiro atoms. The van der Waals surface area contributed by atoms with E-state index in [1.165, 1.54) is 19.3 Å². The molecule has 1 aliphatic rings. The van der Waals surface area contributed by atoms with Crippen molar-refractivity contribution < 1.29 is 4.79 Å². The fourth-order valence-corrected chi connectivity index (χ4v) is 2.54. The number of carbonyl (C=O) groups is 1. The summed E-state index contributed by atoms with van der Waals surface area (Å²) in [5.74, 6) is 0.900. The molecule has 0 aromatic heterocycles. The SMILES string of the molecule is CCCCCC(C)NC(=NCC(=O)N1CCCC1)NCC. The van der Waals surface area contributed by atoms with E-state index in [4.69, 9.17) is 0 Å². The Labute approximate surface area is 129 Å². The maximum atomic E-state index is 12.0. The van der Waals surface area contributed by atoms with Gasteiger partial charge in [0.1, 0.15) is 6.54 Å². The largest absolute Gasteiger partial charge is 0.357 e. The molecule has 1 atom stereocenters. The van der Waals surface area contributed by atoms with Gasteiger partial charge < -0.3 is 15.5 Å². The predicted octanol–water partition coefficient (Wildman–Crippen LogP) is 2.13. The zero-order valence-corrected chi connectivity index (χ0v) is 14.0. The van der Waals surface area contributed by atoms with E-state index in [1.54, 1.807) is 0 Å². The zero-order valence-electron chi connectivity index (χ0n) is 14.0. The Kier molecular flexibility index (Phi) is 8.87. The first-order valence-corrected chi connectivity index (χ1v) is 8.50. The van der Waals surface area contributed by atoms with Gasteiger partial charge in [-0.2, -0.15) is 0 Å². The average Bonchev–Trinajstić information content (AvgIpc) is 2.99. The Morgan fingerprint density at radius 3 is 2.57 bits per heavy atom. The third-order valence-electron chi connectivity index (χ3n) is 3.80. The quantitative estimate of drug-likeness (QED) is 0.410. The molecule has 2 N–H and O–H groups in total. The second-order valence-corrected chi connectivity index (χ2v) is 5.82. The molecule has 1 saturated heterocycles. The molecule has 21 heavy (non-hydrogen) atoms. The van der Waals surface area contributed by atoms with Crippen LogP contribution in [-0.2, 0) is 4.79 Å². The Balaban J connectivity index is 2.39. The van der Waals surface area contributed by atoms with Gasteiger partial charge in [0.05, 0.1) is 0 Å². The number of hydrogen-bond donors (Lipinski definition) is 2. The zero-order chi connectivity index (χ0) is 15.5. The van der Waals surface area contributed by atoms with Crippen LogP contribution in [0.2, 0.25) is 0 Å². The number of carbonyl (C=O) groups excluding carboxylic acids is 1. The molecule has 5 nitrogen and oxygen atoms in total. The maximum absolute atomic E-state index is 12.0. The lowest BCUT2D eigenvalue weighted by Crippen LogP contribution is -2.43. The number of unbranched alkanes of at least 4 members (excludes halogenated alkanes) is 2. The van der Waals surface area contributed by atoms with Crippen LogP contribution in [0.25, 0.3) is 0 Å². The molecule has 0 aliphatic carbocycles. The van der Waals surface area contributed by atoms with Crippen LogP contribution < -0.4 is 10.6 Å². The topological polar surface area (TPSA) is 56.7 Å². The molecule has 1 fully saturated rings. The number of guanidine groups is 1. The Hall–Kier alpha value is -1.26. The third kappa shape index (κ3) is 7.34. The summed E-state index contributed by atoms with van der Waals surface area (Å²) in [6.07, 6.45) is 7.14. The normalized spacial score (nSPS) is 16.9. The van der Waals surface area contributed by atoms with Crippen LogP contribution >= 0.6 is 0 Å². The highest BCUT2D eigenvalue weighted by Crippen LogP contribution is 2.07. The molecule has 0 bridgehead atoms. The number of nitrogens with one attached hydrogen (secondary N) is 2. The molecule has 0 aromatic carbocycles. The summed E-state index contributed by atoms with van der Waals surface area (Å²) in [6.45, 7) is 9.28. The average molecular weight is 296 g/mol. The van der Waals surface area contributed by atoms with Gasteiger partial charge in [-0.05, 0) is 33.1 Å². The van der Waals surface area contributed by atoms with Crippen molar-refractivity contribution in [3.63, 3.8) is 0 Å². The summed E-state index contributed by atoms with van der Waals surface area (Å²) >= 11 is 0. The first-order chi connectivity index (χ1) is 10.2. The maximum Gasteiger partial charge on any atom is 0.244 e. The number of likely N-dealkylation sites (tertiary alicyclic amines) is 1. The number of nitrogens with zero attached hydrogens (tertiary/aromatic N) is 2. The van der Waals surface area contributed by atoms with Crippen LogP contribution in [0.1, 0.15) is 59.3 Å². The highest BCUT2D eigenvalue weighted by molar-refractivity contribution is 5.85. The molecule has 122 valence electrons. The molecule has 0 saturated carbocycles. The van der Waals surface area contributed by atoms with E-state index in [1.807, 2.05) is 11.8 Å². The van der Waals surface area contributed by atoms with Crippen molar-refractivity contribution in [1.82, 2.24) is 15.5 Å². The van der Waals surface area contributed by atoms with E-state index in [0.29, 0.717) is 6.04 Å². The number of amides is 1. The van der Waals surface area contributed by atoms with Gasteiger partial charge in [0.2, 0.25) is 5.91 Å². The second kappa shape index (κ2) is 10.5. The Morgan fingerprint density at radius 1 is 1.24 bits per heavy atom. The van der Waals surface area contributed by atoms with Crippen LogP contribution in [0.5, 0.6) is 0 Å². The van der Waals surface area contributed by atoms with Crippen molar-refractivity contribution in [2.75, 3.05) is 26.2 Å². The van der Waals surface area contributed by atoms with Crippen LogP contribution in [0.4, 0.5) is 0 Å². The molecular weight excluding hydrogens is 264 g/mol. The molecular formula is C16H32N4O. The fraction of sp³-hybridized carbons (Fsp3) is 0.875. The molecule has 0 radical (unpaired) electrons. The third-order valence-corrected chi connectivity index (χ3v) is 3.80. The minimum atomic E-state index is 0.142. The Morgan fingerprint density at radius 2 is 1.95 bits per heavy atom. The molecule has 1 heterocycles. The highest BCUT2D eigenvalue weighted by atomic mass is 16.2. The smallest absolute Gasteiger partial charge is 0.244 e. The standard InChI is InChI=1S/C16H32N4O/c1-4-6-7-10-14(3)19-16(17-5-2)18-13-15(21)20-11-8-9-12-20/h14H,4-13H2,1-3H3,(H2,17,18,19). The van der Waals surface area contributed by atoms with Gasteiger partial charge in [-0.25, -0.2) is 4.99 Å². The predicted molar refractivity (Wildman–Crippen MR) is 88.5 cm³/mol. The summed E-state index contributed by atoms with van der Waals surface area (Å²) in [4.78, 5) is 18.4. The van der Waals surface area contributed by atoms with Crippen LogP contribution in [0.3, 0.4) is 0 Å². The van der Waals surface area contributed by atoms with Crippen molar-refractivity contribution in [2.24, 2.45) is 4.99 Å². The lowest BCUT2D eigenvalue weighted by molar-refractivity contribution is -0.128. The van der Waals surface area contributed by atoms with Crippen molar-refractivity contribution in [2.45, 2.75) is 65.3 Å². The minimum Gasteiger partial charge on any atom is -0.357 e. The fourth-order valence-electron chi connectivity index (χ4n) is 2.54. The summed E-state index contributed by atoms with van der Waals surface area (Å²) in [5, 5.41) is 6.61. The van der Waals surface area contributed by atoms with E-state index >= 15 is 0 Å². The van der Waals surface area contributed by atoms with Gasteiger partial charge in [0, 0.05) is 25.7 Å². The lowest BCUT2D eigenvalue weighted by atomic mass is 10.1. The van der Waals surface area contributed by atoms with E-state index in [0.717, 1.165) is 44.9 Å². The molecule has 1 unspecified atom stereocenters.